The molecule has 0 spiro atoms. The minimum Gasteiger partial charge on any atom is -0.483 e. The van der Waals surface area contributed by atoms with Crippen molar-refractivity contribution in [2.45, 2.75) is 20.3 Å². The van der Waals surface area contributed by atoms with Gasteiger partial charge >= 0.3 is 11.8 Å². The third kappa shape index (κ3) is 8.19. The van der Waals surface area contributed by atoms with Gasteiger partial charge in [-0.2, -0.15) is 5.10 Å². The number of carbonyl (C=O) groups is 3. The number of carbonyl (C=O) groups excluding carboxylic acids is 3. The van der Waals surface area contributed by atoms with Crippen molar-refractivity contribution in [3.8, 4) is 5.75 Å². The fourth-order valence-electron chi connectivity index (χ4n) is 2.63. The molecule has 2 aromatic rings. The number of rotatable bonds is 10. The summed E-state index contributed by atoms with van der Waals surface area (Å²) in [5, 5.41) is 9.09. The van der Waals surface area contributed by atoms with Gasteiger partial charge in [0.05, 0.1) is 6.21 Å². The molecular weight excluding hydrogens is 412 g/mol. The van der Waals surface area contributed by atoms with E-state index in [-0.39, 0.29) is 12.5 Å². The summed E-state index contributed by atoms with van der Waals surface area (Å²) in [7, 11) is 1.56. The second kappa shape index (κ2) is 12.9. The molecule has 2 aromatic carbocycles. The van der Waals surface area contributed by atoms with Crippen LogP contribution < -0.4 is 20.8 Å². The van der Waals surface area contributed by atoms with Crippen LogP contribution >= 0.6 is 0 Å². The fraction of sp³-hybridized carbons (Fsp3) is 0.304. The standard InChI is InChI=1S/C23H28N4O5/c1-16-9-10-17(2)19(13-16)26-21(28)15-32-20-8-5-4-7-18(20)14-25-27-23(30)22(29)24-11-6-12-31-3/h4-5,7-10,13-14H,6,11-12,15H2,1-3H3,(H,24,29)(H,26,28)(H,27,30)/b25-14-. The first-order valence-corrected chi connectivity index (χ1v) is 10.1. The maximum atomic E-state index is 12.3. The molecule has 32 heavy (non-hydrogen) atoms. The molecule has 0 unspecified atom stereocenters. The summed E-state index contributed by atoms with van der Waals surface area (Å²) in [6, 6.07) is 12.7. The third-order valence-corrected chi connectivity index (χ3v) is 4.33. The SMILES string of the molecule is COCCCNC(=O)C(=O)N/N=C\c1ccccc1OCC(=O)Nc1cc(C)ccc1C. The maximum Gasteiger partial charge on any atom is 0.329 e. The van der Waals surface area contributed by atoms with Gasteiger partial charge in [0.1, 0.15) is 5.75 Å². The summed E-state index contributed by atoms with van der Waals surface area (Å²) in [6.07, 6.45) is 1.94. The first-order chi connectivity index (χ1) is 15.4. The molecule has 3 N–H and O–H groups in total. The number of benzene rings is 2. The Kier molecular flexibility index (Phi) is 9.86. The van der Waals surface area contributed by atoms with Crippen molar-refractivity contribution in [2.75, 3.05) is 32.2 Å². The number of ether oxygens (including phenoxy) is 2. The molecule has 0 saturated carbocycles. The molecule has 9 nitrogen and oxygen atoms in total. The first kappa shape index (κ1) is 24.5. The molecule has 9 heteroatoms. The lowest BCUT2D eigenvalue weighted by Gasteiger charge is -2.11. The topological polar surface area (TPSA) is 118 Å². The van der Waals surface area contributed by atoms with Gasteiger partial charge < -0.3 is 20.1 Å². The highest BCUT2D eigenvalue weighted by atomic mass is 16.5. The molecule has 0 aliphatic carbocycles. The largest absolute Gasteiger partial charge is 0.483 e. The van der Waals surface area contributed by atoms with E-state index in [1.54, 1.807) is 31.4 Å². The van der Waals surface area contributed by atoms with Crippen molar-refractivity contribution in [1.82, 2.24) is 10.7 Å². The molecule has 2 rings (SSSR count). The van der Waals surface area contributed by atoms with Crippen LogP contribution in [0.3, 0.4) is 0 Å². The van der Waals surface area contributed by atoms with Crippen LogP contribution in [0.15, 0.2) is 47.6 Å². The van der Waals surface area contributed by atoms with E-state index in [1.807, 2.05) is 32.0 Å². The van der Waals surface area contributed by atoms with Crippen molar-refractivity contribution in [3.63, 3.8) is 0 Å². The molecule has 0 bridgehead atoms. The number of hydrazone groups is 1. The molecule has 170 valence electrons. The Morgan fingerprint density at radius 2 is 1.84 bits per heavy atom. The molecule has 3 amide bonds. The maximum absolute atomic E-state index is 12.3. The van der Waals surface area contributed by atoms with Crippen molar-refractivity contribution in [2.24, 2.45) is 5.10 Å². The van der Waals surface area contributed by atoms with Crippen LogP contribution in [0.4, 0.5) is 5.69 Å². The number of nitrogens with one attached hydrogen (secondary N) is 3. The fourth-order valence-corrected chi connectivity index (χ4v) is 2.63. The van der Waals surface area contributed by atoms with Gasteiger partial charge in [-0.05, 0) is 49.6 Å². The van der Waals surface area contributed by atoms with Crippen LogP contribution in [-0.2, 0) is 19.1 Å². The number of para-hydroxylation sites is 1. The number of amides is 3. The first-order valence-electron chi connectivity index (χ1n) is 10.1. The molecule has 0 atom stereocenters. The van der Waals surface area contributed by atoms with Gasteiger partial charge in [-0.15, -0.1) is 0 Å². The lowest BCUT2D eigenvalue weighted by molar-refractivity contribution is -0.139. The minimum absolute atomic E-state index is 0.200. The van der Waals surface area contributed by atoms with E-state index in [9.17, 15) is 14.4 Å². The Morgan fingerprint density at radius 3 is 2.62 bits per heavy atom. The number of aryl methyl sites for hydroxylation is 2. The molecule has 0 radical (unpaired) electrons. The van der Waals surface area contributed by atoms with Gasteiger partial charge in [0, 0.05) is 31.5 Å². The molecule has 0 heterocycles. The summed E-state index contributed by atoms with van der Waals surface area (Å²) in [4.78, 5) is 35.7. The summed E-state index contributed by atoms with van der Waals surface area (Å²) in [5.74, 6) is -1.56. The average Bonchev–Trinajstić information content (AvgIpc) is 2.78. The number of anilines is 1. The Hall–Kier alpha value is -3.72. The number of hydrogen-bond acceptors (Lipinski definition) is 6. The molecular formula is C23H28N4O5. The van der Waals surface area contributed by atoms with Gasteiger partial charge in [-0.25, -0.2) is 5.43 Å². The van der Waals surface area contributed by atoms with E-state index >= 15 is 0 Å². The van der Waals surface area contributed by atoms with E-state index in [0.717, 1.165) is 16.8 Å². The van der Waals surface area contributed by atoms with Crippen molar-refractivity contribution in [1.29, 1.82) is 0 Å². The van der Waals surface area contributed by atoms with Crippen LogP contribution in [0.2, 0.25) is 0 Å². The van der Waals surface area contributed by atoms with E-state index < -0.39 is 11.8 Å². The summed E-state index contributed by atoms with van der Waals surface area (Å²) in [5.41, 5.74) is 5.42. The Balaban J connectivity index is 1.87. The molecule has 0 saturated heterocycles. The quantitative estimate of drug-likeness (QED) is 0.226. The summed E-state index contributed by atoms with van der Waals surface area (Å²) >= 11 is 0. The molecule has 0 aromatic heterocycles. The van der Waals surface area contributed by atoms with Crippen molar-refractivity contribution >= 4 is 29.6 Å². The van der Waals surface area contributed by atoms with Crippen molar-refractivity contribution in [3.05, 3.63) is 59.2 Å². The van der Waals surface area contributed by atoms with Crippen LogP contribution in [0, 0.1) is 13.8 Å². The van der Waals surface area contributed by atoms with Gasteiger partial charge in [0.2, 0.25) is 0 Å². The summed E-state index contributed by atoms with van der Waals surface area (Å²) < 4.78 is 10.5. The zero-order valence-electron chi connectivity index (χ0n) is 18.4. The zero-order valence-corrected chi connectivity index (χ0v) is 18.4. The lowest BCUT2D eigenvalue weighted by atomic mass is 10.1. The molecule has 0 aliphatic rings. The van der Waals surface area contributed by atoms with Gasteiger partial charge in [0.15, 0.2) is 6.61 Å². The smallest absolute Gasteiger partial charge is 0.329 e. The predicted molar refractivity (Wildman–Crippen MR) is 122 cm³/mol. The highest BCUT2D eigenvalue weighted by molar-refractivity contribution is 6.35. The van der Waals surface area contributed by atoms with E-state index in [4.69, 9.17) is 9.47 Å². The van der Waals surface area contributed by atoms with E-state index in [2.05, 4.69) is 21.2 Å². The predicted octanol–water partition coefficient (Wildman–Crippen LogP) is 1.92. The van der Waals surface area contributed by atoms with Crippen molar-refractivity contribution < 1.29 is 23.9 Å². The Bertz CT molecular complexity index is 975. The normalized spacial score (nSPS) is 10.6. The number of methoxy groups -OCH3 is 1. The van der Waals surface area contributed by atoms with Gasteiger partial charge in [-0.1, -0.05) is 24.3 Å². The van der Waals surface area contributed by atoms with E-state index in [0.29, 0.717) is 30.9 Å². The number of hydrogen-bond donors (Lipinski definition) is 3. The second-order valence-corrected chi connectivity index (χ2v) is 6.99. The average molecular weight is 441 g/mol. The van der Waals surface area contributed by atoms with Gasteiger partial charge in [-0.3, -0.25) is 14.4 Å². The van der Waals surface area contributed by atoms with Crippen LogP contribution in [-0.4, -0.2) is 50.8 Å². The second-order valence-electron chi connectivity index (χ2n) is 6.99. The highest BCUT2D eigenvalue weighted by Gasteiger charge is 2.12. The Morgan fingerprint density at radius 1 is 1.06 bits per heavy atom. The third-order valence-electron chi connectivity index (χ3n) is 4.33. The van der Waals surface area contributed by atoms with E-state index in [1.165, 1.54) is 6.21 Å². The van der Waals surface area contributed by atoms with Crippen LogP contribution in [0.25, 0.3) is 0 Å². The lowest BCUT2D eigenvalue weighted by Crippen LogP contribution is -2.38. The molecule has 0 fully saturated rings. The highest BCUT2D eigenvalue weighted by Crippen LogP contribution is 2.18. The minimum atomic E-state index is -0.884. The molecule has 0 aliphatic heterocycles. The Labute approximate surface area is 187 Å². The zero-order chi connectivity index (χ0) is 23.3. The summed E-state index contributed by atoms with van der Waals surface area (Å²) in [6.45, 7) is 4.47. The van der Waals surface area contributed by atoms with Crippen LogP contribution in [0.1, 0.15) is 23.1 Å². The van der Waals surface area contributed by atoms with Crippen LogP contribution in [0.5, 0.6) is 5.75 Å². The monoisotopic (exact) mass is 440 g/mol. The van der Waals surface area contributed by atoms with Gasteiger partial charge in [0.25, 0.3) is 5.91 Å². The number of nitrogens with zero attached hydrogens (tertiary/aromatic N) is 1.